The van der Waals surface area contributed by atoms with Crippen LogP contribution >= 0.6 is 0 Å². The molecule has 53 heavy (non-hydrogen) atoms. The first-order valence-corrected chi connectivity index (χ1v) is 17.8. The fraction of sp³-hybridized carbons (Fsp3) is 0.289. The van der Waals surface area contributed by atoms with Crippen LogP contribution in [0.5, 0.6) is 34.5 Å². The number of carbonyl (C=O) groups excluding carboxylic acids is 2. The van der Waals surface area contributed by atoms with E-state index in [-0.39, 0.29) is 58.5 Å². The number of aryl methyl sites for hydroxylation is 2. The van der Waals surface area contributed by atoms with Crippen molar-refractivity contribution in [2.24, 2.45) is 0 Å². The first kappa shape index (κ1) is 37.0. The molecule has 0 saturated carbocycles. The van der Waals surface area contributed by atoms with Gasteiger partial charge in [0.05, 0.1) is 22.3 Å². The second kappa shape index (κ2) is 14.7. The fourth-order valence-electron chi connectivity index (χ4n) is 7.55. The monoisotopic (exact) mass is 714 g/mol. The summed E-state index contributed by atoms with van der Waals surface area (Å²) in [5, 5.41) is 45.6. The highest BCUT2D eigenvalue weighted by Crippen LogP contribution is 2.57. The van der Waals surface area contributed by atoms with Gasteiger partial charge in [0.2, 0.25) is 11.6 Å². The van der Waals surface area contributed by atoms with Gasteiger partial charge in [-0.1, -0.05) is 34.9 Å². The summed E-state index contributed by atoms with van der Waals surface area (Å²) in [4.78, 5) is 28.5. The first-order valence-electron chi connectivity index (χ1n) is 17.8. The summed E-state index contributed by atoms with van der Waals surface area (Å²) < 4.78 is 12.2. The van der Waals surface area contributed by atoms with Crippen molar-refractivity contribution in [3.05, 3.63) is 139 Å². The van der Waals surface area contributed by atoms with Crippen molar-refractivity contribution in [2.75, 3.05) is 13.2 Å². The number of phenols is 4. The number of ketones is 2. The molecule has 4 N–H and O–H groups in total. The van der Waals surface area contributed by atoms with E-state index >= 15 is 0 Å². The van der Waals surface area contributed by atoms with E-state index in [2.05, 4.69) is 19.9 Å². The Morgan fingerprint density at radius 3 is 1.34 bits per heavy atom. The number of aromatic hydroxyl groups is 4. The lowest BCUT2D eigenvalue weighted by Crippen LogP contribution is -2.30. The van der Waals surface area contributed by atoms with Crippen molar-refractivity contribution >= 4 is 11.6 Å². The average Bonchev–Trinajstić information content (AvgIpc) is 3.04. The Kier molecular flexibility index (Phi) is 10.3. The predicted molar refractivity (Wildman–Crippen MR) is 205 cm³/mol. The van der Waals surface area contributed by atoms with Gasteiger partial charge in [0.15, 0.2) is 0 Å². The second-order valence-electron chi connectivity index (χ2n) is 14.7. The number of benzene rings is 4. The highest BCUT2D eigenvalue weighted by atomic mass is 16.5. The lowest BCUT2D eigenvalue weighted by Gasteiger charge is -2.39. The number of phenolic OH excluding ortho intramolecular Hbond substituents is 4. The summed E-state index contributed by atoms with van der Waals surface area (Å²) in [6, 6.07) is 12.9. The Morgan fingerprint density at radius 2 is 0.925 bits per heavy atom. The van der Waals surface area contributed by atoms with Crippen molar-refractivity contribution in [2.45, 2.75) is 73.1 Å². The molecule has 8 heteroatoms. The molecule has 0 heterocycles. The number of ether oxygens (including phenoxy) is 2. The van der Waals surface area contributed by atoms with Crippen LogP contribution in [0, 0.1) is 13.8 Å². The minimum absolute atomic E-state index is 0.000455. The molecule has 4 aromatic carbocycles. The molecule has 0 bridgehead atoms. The SMILES string of the molecule is CC(C)=CCC/C(C)=C/COc1cc(O)c2c(c1)[C@@H]([C@H]1c3cc(C)cc(O)c3C(=O)c3c(O)cc(OCC=C(C)C)cc31)c1cc(C)cc(O)c1C2=O. The molecule has 0 aromatic heterocycles. The maximum absolute atomic E-state index is 14.3. The normalized spacial score (nSPS) is 15.9. The summed E-state index contributed by atoms with van der Waals surface area (Å²) in [5.41, 5.74) is 6.66. The largest absolute Gasteiger partial charge is 0.507 e. The van der Waals surface area contributed by atoms with E-state index in [0.717, 1.165) is 24.0 Å². The third-order valence-electron chi connectivity index (χ3n) is 9.92. The molecule has 4 aromatic rings. The number of allylic oxidation sites excluding steroid dienone is 4. The van der Waals surface area contributed by atoms with Crippen LogP contribution in [-0.2, 0) is 0 Å². The van der Waals surface area contributed by atoms with Gasteiger partial charge in [-0.15, -0.1) is 0 Å². The Bertz CT molecular complexity index is 2250. The standard InChI is InChI=1S/C45H46O8/c1-23(2)9-8-10-25(5)12-14-53-29-20-33-39(31-16-27(7)18-35(47)41(31)45(51)43(33)37(49)22-29)38-30-15-26(6)17-34(46)40(30)44(50)42-32(38)19-28(21-36(42)48)52-13-11-24(3)4/h9,11-12,15-22,38-39,46-49H,8,10,13-14H2,1-7H3/b25-12+/t38-,39-/m0/s1. The maximum Gasteiger partial charge on any atom is 0.201 e. The zero-order valence-corrected chi connectivity index (χ0v) is 31.3. The van der Waals surface area contributed by atoms with E-state index in [0.29, 0.717) is 44.9 Å². The van der Waals surface area contributed by atoms with Gasteiger partial charge in [-0.3, -0.25) is 9.59 Å². The minimum Gasteiger partial charge on any atom is -0.507 e. The highest BCUT2D eigenvalue weighted by Gasteiger charge is 2.46. The molecule has 2 aliphatic carbocycles. The fourth-order valence-corrected chi connectivity index (χ4v) is 7.55. The lowest BCUT2D eigenvalue weighted by atomic mass is 9.63. The molecule has 8 nitrogen and oxygen atoms in total. The van der Waals surface area contributed by atoms with Crippen LogP contribution in [-0.4, -0.2) is 45.2 Å². The Labute approximate surface area is 310 Å². The van der Waals surface area contributed by atoms with E-state index in [1.165, 1.54) is 29.8 Å². The van der Waals surface area contributed by atoms with Crippen LogP contribution in [0.1, 0.15) is 125 Å². The summed E-state index contributed by atoms with van der Waals surface area (Å²) in [7, 11) is 0. The third-order valence-corrected chi connectivity index (χ3v) is 9.92. The van der Waals surface area contributed by atoms with Crippen molar-refractivity contribution in [3.8, 4) is 34.5 Å². The Balaban J connectivity index is 1.58. The van der Waals surface area contributed by atoms with Gasteiger partial charge in [0.1, 0.15) is 47.7 Å². The summed E-state index contributed by atoms with van der Waals surface area (Å²) in [6.45, 7) is 14.1. The van der Waals surface area contributed by atoms with Crippen LogP contribution in [0.4, 0.5) is 0 Å². The van der Waals surface area contributed by atoms with Crippen molar-refractivity contribution in [1.29, 1.82) is 0 Å². The second-order valence-corrected chi connectivity index (χ2v) is 14.7. The van der Waals surface area contributed by atoms with Crippen molar-refractivity contribution < 1.29 is 39.5 Å². The molecule has 0 aliphatic heterocycles. The van der Waals surface area contributed by atoms with Gasteiger partial charge in [-0.05, 0) is 131 Å². The van der Waals surface area contributed by atoms with Gasteiger partial charge in [0, 0.05) is 24.0 Å². The average molecular weight is 715 g/mol. The molecule has 6 rings (SSSR count). The molecule has 2 aliphatic rings. The summed E-state index contributed by atoms with van der Waals surface area (Å²) >= 11 is 0. The van der Waals surface area contributed by atoms with Crippen LogP contribution in [0.15, 0.2) is 83.5 Å². The van der Waals surface area contributed by atoms with Crippen molar-refractivity contribution in [3.63, 3.8) is 0 Å². The molecule has 0 radical (unpaired) electrons. The Hall–Kier alpha value is -5.76. The van der Waals surface area contributed by atoms with Gasteiger partial charge in [-0.25, -0.2) is 0 Å². The molecule has 274 valence electrons. The van der Waals surface area contributed by atoms with Gasteiger partial charge in [-0.2, -0.15) is 0 Å². The molecule has 2 atom stereocenters. The molecular weight excluding hydrogens is 668 g/mol. The van der Waals surface area contributed by atoms with Crippen LogP contribution in [0.3, 0.4) is 0 Å². The quantitative estimate of drug-likeness (QED) is 0.119. The summed E-state index contributed by atoms with van der Waals surface area (Å²) in [5.74, 6) is -3.18. The smallest absolute Gasteiger partial charge is 0.201 e. The van der Waals surface area contributed by atoms with E-state index in [1.807, 2.05) is 58.9 Å². The van der Waals surface area contributed by atoms with E-state index in [1.54, 1.807) is 12.1 Å². The van der Waals surface area contributed by atoms with Gasteiger partial charge >= 0.3 is 0 Å². The zero-order valence-electron chi connectivity index (χ0n) is 31.3. The Morgan fingerprint density at radius 1 is 0.547 bits per heavy atom. The van der Waals surface area contributed by atoms with E-state index < -0.39 is 23.4 Å². The number of rotatable bonds is 10. The summed E-state index contributed by atoms with van der Waals surface area (Å²) in [6.07, 6.45) is 7.85. The van der Waals surface area contributed by atoms with E-state index in [9.17, 15) is 30.0 Å². The molecule has 0 amide bonds. The molecule has 0 spiro atoms. The predicted octanol–water partition coefficient (Wildman–Crippen LogP) is 9.60. The lowest BCUT2D eigenvalue weighted by molar-refractivity contribution is 0.101. The molecule has 0 unspecified atom stereocenters. The number of fused-ring (bicyclic) bond motifs is 4. The first-order chi connectivity index (χ1) is 25.2. The zero-order chi connectivity index (χ0) is 38.3. The number of carbonyl (C=O) groups is 2. The number of hydrogen-bond acceptors (Lipinski definition) is 8. The molecule has 0 saturated heterocycles. The minimum atomic E-state index is -0.807. The highest BCUT2D eigenvalue weighted by molar-refractivity contribution is 6.18. The topological polar surface area (TPSA) is 134 Å². The van der Waals surface area contributed by atoms with Gasteiger partial charge < -0.3 is 29.9 Å². The molecular formula is C45H46O8. The van der Waals surface area contributed by atoms with Crippen LogP contribution in [0.2, 0.25) is 0 Å². The maximum atomic E-state index is 14.3. The third kappa shape index (κ3) is 7.18. The van der Waals surface area contributed by atoms with E-state index in [4.69, 9.17) is 9.47 Å². The van der Waals surface area contributed by atoms with Crippen LogP contribution < -0.4 is 9.47 Å². The molecule has 0 fully saturated rings. The van der Waals surface area contributed by atoms with Gasteiger partial charge in [0.25, 0.3) is 0 Å². The van der Waals surface area contributed by atoms with Crippen molar-refractivity contribution in [1.82, 2.24) is 0 Å². The number of hydrogen-bond donors (Lipinski definition) is 4. The van der Waals surface area contributed by atoms with Crippen LogP contribution in [0.25, 0.3) is 0 Å².